The second-order valence-corrected chi connectivity index (χ2v) is 4.62. The van der Waals surface area contributed by atoms with E-state index in [9.17, 15) is 4.79 Å². The van der Waals surface area contributed by atoms with Gasteiger partial charge >= 0.3 is 0 Å². The van der Waals surface area contributed by atoms with E-state index in [1.165, 1.54) is 0 Å². The van der Waals surface area contributed by atoms with Crippen LogP contribution in [0.5, 0.6) is 0 Å². The third-order valence-electron chi connectivity index (χ3n) is 2.04. The second kappa shape index (κ2) is 8.16. The molecule has 0 bridgehead atoms. The number of thioether (sulfide) groups is 1. The first-order valence-corrected chi connectivity index (χ1v) is 6.71. The number of carbonyl (C=O) groups is 1. The summed E-state index contributed by atoms with van der Waals surface area (Å²) in [6, 6.07) is 3.93. The molecule has 88 valence electrons. The Balaban J connectivity index is 2.09. The fourth-order valence-corrected chi connectivity index (χ4v) is 1.97. The summed E-state index contributed by atoms with van der Waals surface area (Å²) >= 11 is 1.68. The molecule has 0 atom stereocenters. The summed E-state index contributed by atoms with van der Waals surface area (Å²) in [4.78, 5) is 15.4. The lowest BCUT2D eigenvalue weighted by Crippen LogP contribution is -2.27. The number of nitrogens with one attached hydrogen (secondary N) is 1. The summed E-state index contributed by atoms with van der Waals surface area (Å²) < 4.78 is 0. The number of nitrogens with zero attached hydrogens (tertiary/aromatic N) is 1. The molecule has 0 radical (unpaired) electrons. The highest BCUT2D eigenvalue weighted by Crippen LogP contribution is 2.01. The smallest absolute Gasteiger partial charge is 0.230 e. The molecule has 4 heteroatoms. The monoisotopic (exact) mass is 238 g/mol. The molecule has 0 aliphatic rings. The van der Waals surface area contributed by atoms with E-state index < -0.39 is 0 Å². The zero-order valence-corrected chi connectivity index (χ0v) is 10.4. The van der Waals surface area contributed by atoms with Crippen LogP contribution in [0.15, 0.2) is 24.5 Å². The SMILES string of the molecule is CCCSCC(=O)NCCc1cccnc1. The van der Waals surface area contributed by atoms with Crippen molar-refractivity contribution >= 4 is 17.7 Å². The molecule has 0 aromatic carbocycles. The summed E-state index contributed by atoms with van der Waals surface area (Å²) in [5.41, 5.74) is 1.16. The summed E-state index contributed by atoms with van der Waals surface area (Å²) in [5, 5.41) is 2.90. The first kappa shape index (κ1) is 13.0. The molecule has 1 aromatic rings. The van der Waals surface area contributed by atoms with E-state index >= 15 is 0 Å². The van der Waals surface area contributed by atoms with Crippen molar-refractivity contribution in [2.75, 3.05) is 18.1 Å². The molecule has 0 aliphatic heterocycles. The van der Waals surface area contributed by atoms with Crippen LogP contribution in [-0.4, -0.2) is 28.9 Å². The van der Waals surface area contributed by atoms with Crippen LogP contribution in [0.4, 0.5) is 0 Å². The number of rotatable bonds is 7. The fourth-order valence-electron chi connectivity index (χ4n) is 1.25. The van der Waals surface area contributed by atoms with Crippen molar-refractivity contribution in [2.45, 2.75) is 19.8 Å². The fraction of sp³-hybridized carbons (Fsp3) is 0.500. The first-order chi connectivity index (χ1) is 7.83. The van der Waals surface area contributed by atoms with Gasteiger partial charge < -0.3 is 5.32 Å². The third-order valence-corrected chi connectivity index (χ3v) is 3.20. The highest BCUT2D eigenvalue weighted by molar-refractivity contribution is 7.99. The van der Waals surface area contributed by atoms with Crippen molar-refractivity contribution < 1.29 is 4.79 Å². The lowest BCUT2D eigenvalue weighted by atomic mass is 10.2. The van der Waals surface area contributed by atoms with Crippen molar-refractivity contribution in [1.82, 2.24) is 10.3 Å². The molecule has 1 amide bonds. The number of carbonyl (C=O) groups excluding carboxylic acids is 1. The molecule has 16 heavy (non-hydrogen) atoms. The van der Waals surface area contributed by atoms with E-state index in [-0.39, 0.29) is 5.91 Å². The minimum absolute atomic E-state index is 0.127. The number of amides is 1. The van der Waals surface area contributed by atoms with Gasteiger partial charge in [0, 0.05) is 18.9 Å². The van der Waals surface area contributed by atoms with E-state index in [0.717, 1.165) is 24.2 Å². The summed E-state index contributed by atoms with van der Waals surface area (Å²) in [6.07, 6.45) is 5.55. The van der Waals surface area contributed by atoms with Crippen LogP contribution in [0, 0.1) is 0 Å². The maximum absolute atomic E-state index is 11.4. The molecule has 0 unspecified atom stereocenters. The Labute approximate surface area is 101 Å². The zero-order valence-electron chi connectivity index (χ0n) is 9.61. The Morgan fingerprint density at radius 2 is 2.44 bits per heavy atom. The molecule has 0 saturated carbocycles. The highest BCUT2D eigenvalue weighted by atomic mass is 32.2. The van der Waals surface area contributed by atoms with Gasteiger partial charge in [0.15, 0.2) is 0 Å². The van der Waals surface area contributed by atoms with E-state index in [2.05, 4.69) is 17.2 Å². The topological polar surface area (TPSA) is 42.0 Å². The molecule has 1 heterocycles. The lowest BCUT2D eigenvalue weighted by Gasteiger charge is -2.04. The predicted molar refractivity (Wildman–Crippen MR) is 68.6 cm³/mol. The number of aromatic nitrogens is 1. The van der Waals surface area contributed by atoms with Gasteiger partial charge in [0.2, 0.25) is 5.91 Å². The van der Waals surface area contributed by atoms with Crippen LogP contribution >= 0.6 is 11.8 Å². The van der Waals surface area contributed by atoms with Gasteiger partial charge in [-0.3, -0.25) is 9.78 Å². The van der Waals surface area contributed by atoms with E-state index in [1.807, 2.05) is 18.3 Å². The molecule has 1 aromatic heterocycles. The number of hydrogen-bond donors (Lipinski definition) is 1. The molecular weight excluding hydrogens is 220 g/mol. The molecule has 0 saturated heterocycles. The normalized spacial score (nSPS) is 10.1. The molecule has 1 rings (SSSR count). The number of hydrogen-bond acceptors (Lipinski definition) is 3. The van der Waals surface area contributed by atoms with Crippen molar-refractivity contribution in [1.29, 1.82) is 0 Å². The molecule has 0 fully saturated rings. The summed E-state index contributed by atoms with van der Waals surface area (Å²) in [5.74, 6) is 1.75. The maximum Gasteiger partial charge on any atom is 0.230 e. The maximum atomic E-state index is 11.4. The average Bonchev–Trinajstić information content (AvgIpc) is 2.31. The van der Waals surface area contributed by atoms with Gasteiger partial charge in [-0.25, -0.2) is 0 Å². The Morgan fingerprint density at radius 3 is 3.12 bits per heavy atom. The number of pyridine rings is 1. The van der Waals surface area contributed by atoms with Crippen LogP contribution < -0.4 is 5.32 Å². The Hall–Kier alpha value is -1.03. The van der Waals surface area contributed by atoms with Crippen LogP contribution in [0.3, 0.4) is 0 Å². The standard InChI is InChI=1S/C12H18N2OS/c1-2-8-16-10-12(15)14-7-5-11-4-3-6-13-9-11/h3-4,6,9H,2,5,7-8,10H2,1H3,(H,14,15). The third kappa shape index (κ3) is 5.75. The molecule has 0 spiro atoms. The van der Waals surface area contributed by atoms with Gasteiger partial charge in [-0.1, -0.05) is 13.0 Å². The Morgan fingerprint density at radius 1 is 1.56 bits per heavy atom. The highest BCUT2D eigenvalue weighted by Gasteiger charge is 2.00. The second-order valence-electron chi connectivity index (χ2n) is 3.51. The Kier molecular flexibility index (Phi) is 6.65. The van der Waals surface area contributed by atoms with Gasteiger partial charge in [-0.15, -0.1) is 0 Å². The van der Waals surface area contributed by atoms with Crippen LogP contribution in [0.2, 0.25) is 0 Å². The van der Waals surface area contributed by atoms with Crippen molar-refractivity contribution in [3.8, 4) is 0 Å². The summed E-state index contributed by atoms with van der Waals surface area (Å²) in [6.45, 7) is 2.81. The van der Waals surface area contributed by atoms with Crippen LogP contribution in [0.25, 0.3) is 0 Å². The molecule has 0 aliphatic carbocycles. The van der Waals surface area contributed by atoms with E-state index in [1.54, 1.807) is 18.0 Å². The first-order valence-electron chi connectivity index (χ1n) is 5.56. The summed E-state index contributed by atoms with van der Waals surface area (Å²) in [7, 11) is 0. The van der Waals surface area contributed by atoms with Crippen LogP contribution in [-0.2, 0) is 11.2 Å². The largest absolute Gasteiger partial charge is 0.355 e. The van der Waals surface area contributed by atoms with Gasteiger partial charge in [0.25, 0.3) is 0 Å². The lowest BCUT2D eigenvalue weighted by molar-refractivity contribution is -0.118. The minimum Gasteiger partial charge on any atom is -0.355 e. The predicted octanol–water partition coefficient (Wildman–Crippen LogP) is 1.88. The van der Waals surface area contributed by atoms with E-state index in [0.29, 0.717) is 12.3 Å². The average molecular weight is 238 g/mol. The van der Waals surface area contributed by atoms with Crippen molar-refractivity contribution in [3.63, 3.8) is 0 Å². The van der Waals surface area contributed by atoms with Crippen molar-refractivity contribution in [2.24, 2.45) is 0 Å². The molecule has 1 N–H and O–H groups in total. The van der Waals surface area contributed by atoms with Crippen LogP contribution in [0.1, 0.15) is 18.9 Å². The van der Waals surface area contributed by atoms with E-state index in [4.69, 9.17) is 0 Å². The molecular formula is C12H18N2OS. The van der Waals surface area contributed by atoms with Gasteiger partial charge in [-0.2, -0.15) is 11.8 Å². The minimum atomic E-state index is 0.127. The van der Waals surface area contributed by atoms with Crippen molar-refractivity contribution in [3.05, 3.63) is 30.1 Å². The zero-order chi connectivity index (χ0) is 11.6. The van der Waals surface area contributed by atoms with Gasteiger partial charge in [0.1, 0.15) is 0 Å². The quantitative estimate of drug-likeness (QED) is 0.738. The van der Waals surface area contributed by atoms with Gasteiger partial charge in [0.05, 0.1) is 5.75 Å². The molecule has 3 nitrogen and oxygen atoms in total. The van der Waals surface area contributed by atoms with Gasteiger partial charge in [-0.05, 0) is 30.2 Å². The Bertz CT molecular complexity index is 303.